The molecule has 124 valence electrons. The second-order valence-corrected chi connectivity index (χ2v) is 7.31. The summed E-state index contributed by atoms with van der Waals surface area (Å²) in [7, 11) is 0. The minimum atomic E-state index is -0.331. The molecule has 3 heterocycles. The third-order valence-corrected chi connectivity index (χ3v) is 5.64. The molecule has 2 aromatic heterocycles. The van der Waals surface area contributed by atoms with Gasteiger partial charge in [0.05, 0.1) is 10.6 Å². The number of likely N-dealkylation sites (tertiary alicyclic amines) is 1. The number of rotatable bonds is 6. The van der Waals surface area contributed by atoms with E-state index in [1.54, 1.807) is 0 Å². The van der Waals surface area contributed by atoms with Gasteiger partial charge in [-0.05, 0) is 44.9 Å². The zero-order valence-electron chi connectivity index (χ0n) is 13.8. The van der Waals surface area contributed by atoms with Crippen LogP contribution in [-0.2, 0) is 13.1 Å². The van der Waals surface area contributed by atoms with E-state index in [1.165, 1.54) is 28.2 Å². The van der Waals surface area contributed by atoms with E-state index in [0.29, 0.717) is 10.9 Å². The second kappa shape index (κ2) is 6.84. The van der Waals surface area contributed by atoms with Gasteiger partial charge in [0.15, 0.2) is 0 Å². The summed E-state index contributed by atoms with van der Waals surface area (Å²) >= 11 is 1.53. The van der Waals surface area contributed by atoms with Crippen LogP contribution in [0.2, 0.25) is 0 Å². The molecule has 1 aliphatic rings. The molecule has 5 nitrogen and oxygen atoms in total. The number of amides is 1. The van der Waals surface area contributed by atoms with Gasteiger partial charge >= 0.3 is 0 Å². The molecule has 23 heavy (non-hydrogen) atoms. The van der Waals surface area contributed by atoms with Gasteiger partial charge in [0.25, 0.3) is 5.91 Å². The van der Waals surface area contributed by atoms with Crippen molar-refractivity contribution in [3.63, 3.8) is 0 Å². The van der Waals surface area contributed by atoms with Crippen LogP contribution in [0.4, 0.5) is 0 Å². The number of nitrogens with zero attached hydrogens (tertiary/aromatic N) is 3. The predicted octanol–water partition coefficient (Wildman–Crippen LogP) is 3.10. The largest absolute Gasteiger partial charge is 0.365 e. The summed E-state index contributed by atoms with van der Waals surface area (Å²) in [5.74, 6) is -0.331. The Kier molecular flexibility index (Phi) is 4.82. The molecule has 0 bridgehead atoms. The van der Waals surface area contributed by atoms with Crippen molar-refractivity contribution in [3.8, 4) is 0 Å². The molecule has 0 radical (unpaired) electrons. The summed E-state index contributed by atoms with van der Waals surface area (Å²) in [6, 6.07) is 4.30. The van der Waals surface area contributed by atoms with Crippen molar-refractivity contribution in [2.24, 2.45) is 5.73 Å². The van der Waals surface area contributed by atoms with Crippen LogP contribution in [0.25, 0.3) is 0 Å². The van der Waals surface area contributed by atoms with Crippen LogP contribution in [0.15, 0.2) is 18.3 Å². The van der Waals surface area contributed by atoms with E-state index in [2.05, 4.69) is 36.1 Å². The normalized spacial score (nSPS) is 18.6. The number of aryl methyl sites for hydroxylation is 2. The first-order valence-corrected chi connectivity index (χ1v) is 9.06. The van der Waals surface area contributed by atoms with E-state index >= 15 is 0 Å². The summed E-state index contributed by atoms with van der Waals surface area (Å²) in [6.45, 7) is 7.23. The number of carbonyl (C=O) groups is 1. The van der Waals surface area contributed by atoms with Crippen LogP contribution in [0.1, 0.15) is 58.0 Å². The van der Waals surface area contributed by atoms with Crippen molar-refractivity contribution >= 4 is 17.2 Å². The molecule has 6 heteroatoms. The van der Waals surface area contributed by atoms with Gasteiger partial charge in [-0.1, -0.05) is 6.92 Å². The molecule has 1 atom stereocenters. The van der Waals surface area contributed by atoms with Crippen LogP contribution in [0.5, 0.6) is 0 Å². The third-order valence-electron chi connectivity index (χ3n) is 4.44. The van der Waals surface area contributed by atoms with E-state index in [4.69, 9.17) is 5.73 Å². The Morgan fingerprint density at radius 3 is 3.00 bits per heavy atom. The highest BCUT2D eigenvalue weighted by Crippen LogP contribution is 2.37. The van der Waals surface area contributed by atoms with E-state index < -0.39 is 0 Å². The summed E-state index contributed by atoms with van der Waals surface area (Å²) in [6.07, 6.45) is 5.60. The topological polar surface area (TPSA) is 64.2 Å². The lowest BCUT2D eigenvalue weighted by atomic mass is 10.1. The Balaban J connectivity index is 1.75. The molecule has 1 saturated heterocycles. The van der Waals surface area contributed by atoms with Crippen LogP contribution in [0.3, 0.4) is 0 Å². The maximum atomic E-state index is 11.3. The number of primary amides is 1. The van der Waals surface area contributed by atoms with Crippen molar-refractivity contribution in [2.45, 2.75) is 52.2 Å². The lowest BCUT2D eigenvalue weighted by Gasteiger charge is -2.23. The molecule has 1 fully saturated rings. The molecule has 1 unspecified atom stereocenters. The van der Waals surface area contributed by atoms with Gasteiger partial charge < -0.3 is 5.73 Å². The first kappa shape index (κ1) is 16.2. The first-order chi connectivity index (χ1) is 11.1. The number of hydrogen-bond donors (Lipinski definition) is 1. The fraction of sp³-hybridized carbons (Fsp3) is 0.529. The molecule has 0 aromatic carbocycles. The Bertz CT molecular complexity index is 691. The predicted molar refractivity (Wildman–Crippen MR) is 92.5 cm³/mol. The smallest absolute Gasteiger partial charge is 0.258 e. The highest BCUT2D eigenvalue weighted by atomic mass is 32.1. The fourth-order valence-electron chi connectivity index (χ4n) is 3.28. The first-order valence-electron chi connectivity index (χ1n) is 8.25. The minimum absolute atomic E-state index is 0.331. The van der Waals surface area contributed by atoms with Crippen molar-refractivity contribution in [2.75, 3.05) is 6.54 Å². The van der Waals surface area contributed by atoms with Crippen molar-refractivity contribution in [1.82, 2.24) is 14.7 Å². The van der Waals surface area contributed by atoms with Gasteiger partial charge in [-0.2, -0.15) is 5.10 Å². The number of carbonyl (C=O) groups excluding carboxylic acids is 1. The van der Waals surface area contributed by atoms with Crippen molar-refractivity contribution in [1.29, 1.82) is 0 Å². The summed E-state index contributed by atoms with van der Waals surface area (Å²) in [4.78, 5) is 15.7. The van der Waals surface area contributed by atoms with Gasteiger partial charge in [-0.15, -0.1) is 11.3 Å². The highest BCUT2D eigenvalue weighted by Gasteiger charge is 2.28. The van der Waals surface area contributed by atoms with Gasteiger partial charge in [0.2, 0.25) is 0 Å². The molecule has 0 aliphatic carbocycles. The monoisotopic (exact) mass is 332 g/mol. The molecule has 3 rings (SSSR count). The fourth-order valence-corrected chi connectivity index (χ4v) is 4.31. The van der Waals surface area contributed by atoms with E-state index in [9.17, 15) is 4.79 Å². The molecular weight excluding hydrogens is 308 g/mol. The highest BCUT2D eigenvalue weighted by molar-refractivity contribution is 7.14. The van der Waals surface area contributed by atoms with Gasteiger partial charge in [0.1, 0.15) is 0 Å². The van der Waals surface area contributed by atoms with Crippen LogP contribution in [0, 0.1) is 6.92 Å². The lowest BCUT2D eigenvalue weighted by Crippen LogP contribution is -2.22. The SMILES string of the molecule is CCCn1cc(CN2CCCC2c2ccc(C(N)=O)s2)c(C)n1. The Labute approximate surface area is 141 Å². The maximum absolute atomic E-state index is 11.3. The lowest BCUT2D eigenvalue weighted by molar-refractivity contribution is 0.100. The molecular formula is C17H24N4OS. The van der Waals surface area contributed by atoms with Gasteiger partial charge in [-0.25, -0.2) is 0 Å². The Morgan fingerprint density at radius 2 is 2.30 bits per heavy atom. The average molecular weight is 332 g/mol. The van der Waals surface area contributed by atoms with E-state index in [0.717, 1.165) is 38.2 Å². The van der Waals surface area contributed by atoms with Crippen LogP contribution in [-0.4, -0.2) is 27.1 Å². The summed E-state index contributed by atoms with van der Waals surface area (Å²) < 4.78 is 2.05. The second-order valence-electron chi connectivity index (χ2n) is 6.20. The number of aromatic nitrogens is 2. The minimum Gasteiger partial charge on any atom is -0.365 e. The number of thiophene rings is 1. The van der Waals surface area contributed by atoms with Crippen molar-refractivity contribution < 1.29 is 4.79 Å². The molecule has 0 spiro atoms. The molecule has 2 N–H and O–H groups in total. The van der Waals surface area contributed by atoms with Crippen LogP contribution >= 0.6 is 11.3 Å². The zero-order chi connectivity index (χ0) is 16.4. The zero-order valence-corrected chi connectivity index (χ0v) is 14.6. The number of hydrogen-bond acceptors (Lipinski definition) is 4. The summed E-state index contributed by atoms with van der Waals surface area (Å²) in [5, 5.41) is 4.60. The molecule has 1 aliphatic heterocycles. The molecule has 0 saturated carbocycles. The third kappa shape index (κ3) is 3.48. The average Bonchev–Trinajstić information content (AvgIpc) is 3.20. The van der Waals surface area contributed by atoms with Gasteiger partial charge in [-0.3, -0.25) is 14.4 Å². The van der Waals surface area contributed by atoms with E-state index in [-0.39, 0.29) is 5.91 Å². The number of nitrogens with two attached hydrogens (primary N) is 1. The molecule has 1 amide bonds. The quantitative estimate of drug-likeness (QED) is 0.884. The standard InChI is InChI=1S/C17H24N4OS/c1-3-8-21-11-13(12(2)19-21)10-20-9-4-5-14(20)15-6-7-16(23-15)17(18)22/h6-7,11,14H,3-5,8-10H2,1-2H3,(H2,18,22). The van der Waals surface area contributed by atoms with Crippen LogP contribution < -0.4 is 5.73 Å². The summed E-state index contributed by atoms with van der Waals surface area (Å²) in [5.41, 5.74) is 7.80. The maximum Gasteiger partial charge on any atom is 0.258 e. The molecule has 2 aromatic rings. The Morgan fingerprint density at radius 1 is 1.48 bits per heavy atom. The van der Waals surface area contributed by atoms with Crippen molar-refractivity contribution in [3.05, 3.63) is 39.3 Å². The van der Waals surface area contributed by atoms with E-state index in [1.807, 2.05) is 10.7 Å². The van der Waals surface area contributed by atoms with Gasteiger partial charge in [0, 0.05) is 35.8 Å². The Hall–Kier alpha value is -1.66.